The number of aromatic nitrogens is 2. The smallest absolute Gasteiger partial charge is 0.326 e. The fourth-order valence-electron chi connectivity index (χ4n) is 4.54. The topological polar surface area (TPSA) is 105 Å². The summed E-state index contributed by atoms with van der Waals surface area (Å²) in [6, 6.07) is 4.92. The van der Waals surface area contributed by atoms with Crippen molar-refractivity contribution in [3.63, 3.8) is 0 Å². The Hall–Kier alpha value is -3.74. The number of halogens is 4. The number of benzene rings is 1. The van der Waals surface area contributed by atoms with Gasteiger partial charge in [-0.15, -0.1) is 0 Å². The molecule has 0 radical (unpaired) electrons. The zero-order valence-electron chi connectivity index (χ0n) is 27.4. The van der Waals surface area contributed by atoms with Crippen LogP contribution in [0.4, 0.5) is 23.2 Å². The summed E-state index contributed by atoms with van der Waals surface area (Å²) in [7, 11) is 1.91. The molecule has 0 bridgehead atoms. The van der Waals surface area contributed by atoms with E-state index in [4.69, 9.17) is 11.6 Å². The third kappa shape index (κ3) is 11.9. The molecule has 0 spiro atoms. The van der Waals surface area contributed by atoms with Crippen molar-refractivity contribution < 1.29 is 22.4 Å². The molecule has 0 aliphatic carbocycles. The first kappa shape index (κ1) is 39.3. The SMILES string of the molecule is C=CN(N)c1cc(C(=O)N/C(C)=C/C(CN2CCCCC2)=C(/CF)C(=C)C(F)(F)F)ccc1C.CC.Cc1c(CN)cnn1C. The van der Waals surface area contributed by atoms with Gasteiger partial charge in [-0.25, -0.2) is 10.2 Å². The Kier molecular flexibility index (Phi) is 16.5. The van der Waals surface area contributed by atoms with Crippen LogP contribution in [0.3, 0.4) is 0 Å². The third-order valence-corrected chi connectivity index (χ3v) is 7.27. The number of alkyl halides is 4. The summed E-state index contributed by atoms with van der Waals surface area (Å²) >= 11 is 0. The molecule has 1 aromatic heterocycles. The Labute approximate surface area is 265 Å². The maximum absolute atomic E-state index is 13.8. The Morgan fingerprint density at radius 2 is 1.80 bits per heavy atom. The van der Waals surface area contributed by atoms with Gasteiger partial charge in [-0.3, -0.25) is 19.4 Å². The molecule has 1 aromatic carbocycles. The lowest BCUT2D eigenvalue weighted by Crippen LogP contribution is -2.32. The zero-order chi connectivity index (χ0) is 34.3. The molecule has 5 N–H and O–H groups in total. The van der Waals surface area contributed by atoms with Crippen molar-refractivity contribution in [2.24, 2.45) is 18.6 Å². The summed E-state index contributed by atoms with van der Waals surface area (Å²) in [5.41, 5.74) is 8.11. The van der Waals surface area contributed by atoms with E-state index in [1.54, 1.807) is 31.3 Å². The Bertz CT molecular complexity index is 1340. The standard InChI is InChI=1S/C25H32F4N4O.C6H11N3.C2H6/c1-5-33(30)23-14-20(10-9-17(23)2)24(34)31-18(3)13-21(16-32-11-7-6-8-12-32)22(15-26)19(4)25(27,28)29;1-5-6(3-7)4-8-9(5)2;1-2/h5,9-10,13-14H,1,4,6-8,11-12,15-16,30H2,2-3H3,(H,31,34);4H,3,7H2,1-2H3;1-2H3/b18-13+,22-21+;;. The van der Waals surface area contributed by atoms with Crippen LogP contribution < -0.4 is 21.9 Å². The lowest BCUT2D eigenvalue weighted by atomic mass is 9.99. The number of piperidine rings is 1. The second kappa shape index (κ2) is 18.9. The second-order valence-electron chi connectivity index (χ2n) is 10.4. The van der Waals surface area contributed by atoms with Crippen LogP contribution in [0.2, 0.25) is 0 Å². The van der Waals surface area contributed by atoms with E-state index in [9.17, 15) is 22.4 Å². The van der Waals surface area contributed by atoms with E-state index in [0.29, 0.717) is 30.9 Å². The van der Waals surface area contributed by atoms with E-state index in [0.717, 1.165) is 36.1 Å². The van der Waals surface area contributed by atoms with Crippen LogP contribution in [0.15, 0.2) is 72.2 Å². The zero-order valence-corrected chi connectivity index (χ0v) is 27.4. The summed E-state index contributed by atoms with van der Waals surface area (Å²) in [5, 5.41) is 7.98. The Balaban J connectivity index is 0.000000777. The molecule has 8 nitrogen and oxygen atoms in total. The molecular formula is C33H49F4N7O. The number of hydrazine groups is 1. The Morgan fingerprint density at radius 1 is 1.18 bits per heavy atom. The van der Waals surface area contributed by atoms with Gasteiger partial charge in [0, 0.05) is 48.9 Å². The summed E-state index contributed by atoms with van der Waals surface area (Å²) in [5.74, 6) is 5.39. The first-order chi connectivity index (χ1) is 21.2. The predicted molar refractivity (Wildman–Crippen MR) is 175 cm³/mol. The number of aryl methyl sites for hydroxylation is 2. The van der Waals surface area contributed by atoms with Crippen LogP contribution in [0, 0.1) is 13.8 Å². The van der Waals surface area contributed by atoms with E-state index in [-0.39, 0.29) is 17.8 Å². The summed E-state index contributed by atoms with van der Waals surface area (Å²) in [4.78, 5) is 14.8. The number of likely N-dealkylation sites (tertiary alicyclic amines) is 1. The van der Waals surface area contributed by atoms with Crippen molar-refractivity contribution in [1.82, 2.24) is 20.0 Å². The molecule has 1 saturated heterocycles. The molecule has 1 fully saturated rings. The molecule has 0 atom stereocenters. The second-order valence-corrected chi connectivity index (χ2v) is 10.4. The maximum atomic E-state index is 13.8. The van der Waals surface area contributed by atoms with Gasteiger partial charge in [-0.05, 0) is 81.6 Å². The van der Waals surface area contributed by atoms with Gasteiger partial charge < -0.3 is 11.1 Å². The number of hydrogen-bond donors (Lipinski definition) is 3. The number of nitrogens with one attached hydrogen (secondary N) is 1. The van der Waals surface area contributed by atoms with Gasteiger partial charge in [0.25, 0.3) is 5.91 Å². The van der Waals surface area contributed by atoms with E-state index in [2.05, 4.69) is 23.6 Å². The lowest BCUT2D eigenvalue weighted by Gasteiger charge is -2.28. The number of nitrogens with zero attached hydrogens (tertiary/aromatic N) is 4. The molecule has 12 heteroatoms. The van der Waals surface area contributed by atoms with Crippen molar-refractivity contribution in [1.29, 1.82) is 0 Å². The minimum absolute atomic E-state index is 0.137. The number of carbonyl (C=O) groups excluding carboxylic acids is 1. The molecule has 0 unspecified atom stereocenters. The average Bonchev–Trinajstić information content (AvgIpc) is 3.35. The van der Waals surface area contributed by atoms with Gasteiger partial charge in [0.05, 0.1) is 17.5 Å². The van der Waals surface area contributed by atoms with Crippen molar-refractivity contribution in [3.8, 4) is 0 Å². The minimum atomic E-state index is -4.75. The quantitative estimate of drug-likeness (QED) is 0.119. The number of amides is 1. The highest BCUT2D eigenvalue weighted by Crippen LogP contribution is 2.32. The lowest BCUT2D eigenvalue weighted by molar-refractivity contribution is -0.0894. The molecule has 3 rings (SSSR count). The number of anilines is 1. The number of allylic oxidation sites excluding steroid dienone is 3. The minimum Gasteiger partial charge on any atom is -0.326 e. The first-order valence-corrected chi connectivity index (χ1v) is 14.9. The molecule has 1 amide bonds. The normalized spacial score (nSPS) is 14.3. The average molecular weight is 636 g/mol. The molecule has 250 valence electrons. The van der Waals surface area contributed by atoms with Gasteiger partial charge in [0.1, 0.15) is 6.67 Å². The molecule has 45 heavy (non-hydrogen) atoms. The number of nitrogens with two attached hydrogens (primary N) is 2. The monoisotopic (exact) mass is 635 g/mol. The largest absolute Gasteiger partial charge is 0.416 e. The van der Waals surface area contributed by atoms with E-state index >= 15 is 0 Å². The van der Waals surface area contributed by atoms with Crippen LogP contribution >= 0.6 is 0 Å². The van der Waals surface area contributed by atoms with Crippen molar-refractivity contribution in [2.75, 3.05) is 31.3 Å². The van der Waals surface area contributed by atoms with Gasteiger partial charge in [-0.2, -0.15) is 18.3 Å². The molecule has 2 aromatic rings. The van der Waals surface area contributed by atoms with E-state index < -0.39 is 29.9 Å². The number of rotatable bonds is 10. The summed E-state index contributed by atoms with van der Waals surface area (Å²) < 4.78 is 55.7. The van der Waals surface area contributed by atoms with Gasteiger partial charge in [0.2, 0.25) is 0 Å². The van der Waals surface area contributed by atoms with E-state index in [1.807, 2.05) is 44.3 Å². The van der Waals surface area contributed by atoms with Crippen LogP contribution in [-0.2, 0) is 13.6 Å². The molecular weight excluding hydrogens is 586 g/mol. The highest BCUT2D eigenvalue weighted by atomic mass is 19.4. The number of carbonyl (C=O) groups is 1. The van der Waals surface area contributed by atoms with Gasteiger partial charge in [0.15, 0.2) is 0 Å². The number of hydrogen-bond acceptors (Lipinski definition) is 6. The fourth-order valence-corrected chi connectivity index (χ4v) is 4.54. The Morgan fingerprint density at radius 3 is 2.27 bits per heavy atom. The van der Waals surface area contributed by atoms with Crippen molar-refractivity contribution in [3.05, 3.63) is 94.6 Å². The molecule has 1 aliphatic rings. The summed E-state index contributed by atoms with van der Waals surface area (Å²) in [6.07, 6.45) is 2.75. The fraction of sp³-hybridized carbons (Fsp3) is 0.455. The highest BCUT2D eigenvalue weighted by Gasteiger charge is 2.35. The molecule has 0 saturated carbocycles. The van der Waals surface area contributed by atoms with Crippen LogP contribution in [-0.4, -0.2) is 53.1 Å². The predicted octanol–water partition coefficient (Wildman–Crippen LogP) is 6.54. The van der Waals surface area contributed by atoms with Gasteiger partial charge in [-0.1, -0.05) is 39.5 Å². The third-order valence-electron chi connectivity index (χ3n) is 7.27. The van der Waals surface area contributed by atoms with Crippen molar-refractivity contribution >= 4 is 11.6 Å². The van der Waals surface area contributed by atoms with Crippen molar-refractivity contribution in [2.45, 2.75) is 66.6 Å². The van der Waals surface area contributed by atoms with Crippen LogP contribution in [0.25, 0.3) is 0 Å². The first-order valence-electron chi connectivity index (χ1n) is 14.9. The summed E-state index contributed by atoms with van der Waals surface area (Å²) in [6.45, 7) is 16.9. The molecule has 2 heterocycles. The maximum Gasteiger partial charge on any atom is 0.416 e. The molecule has 1 aliphatic heterocycles. The van der Waals surface area contributed by atoms with Crippen LogP contribution in [0.5, 0.6) is 0 Å². The van der Waals surface area contributed by atoms with Gasteiger partial charge >= 0.3 is 6.18 Å². The highest BCUT2D eigenvalue weighted by molar-refractivity contribution is 5.96. The van der Waals surface area contributed by atoms with E-state index in [1.165, 1.54) is 17.3 Å². The van der Waals surface area contributed by atoms with Crippen LogP contribution in [0.1, 0.15) is 67.2 Å².